The highest BCUT2D eigenvalue weighted by atomic mass is 16.5. The van der Waals surface area contributed by atoms with Gasteiger partial charge in [-0.3, -0.25) is 14.2 Å². The van der Waals surface area contributed by atoms with Crippen LogP contribution in [0.4, 0.5) is 0 Å². The molecule has 5 rings (SSSR count). The molecule has 1 N–H and O–H groups in total. The number of benzene rings is 1. The van der Waals surface area contributed by atoms with Gasteiger partial charge in [0.15, 0.2) is 5.43 Å². The van der Waals surface area contributed by atoms with Crippen LogP contribution in [0.1, 0.15) is 56.5 Å². The number of hydrogen-bond acceptors (Lipinski definition) is 6. The summed E-state index contributed by atoms with van der Waals surface area (Å²) in [4.78, 5) is 24.2. The summed E-state index contributed by atoms with van der Waals surface area (Å²) in [5.74, 6) is 0.131. The van der Waals surface area contributed by atoms with Gasteiger partial charge in [0.25, 0.3) is 0 Å². The lowest BCUT2D eigenvalue weighted by Crippen LogP contribution is -2.44. The molecule has 1 fully saturated rings. The number of methoxy groups -OCH3 is 1. The molecule has 0 atom stereocenters. The maximum absolute atomic E-state index is 12.6. The third-order valence-electron chi connectivity index (χ3n) is 7.19. The molecule has 9 nitrogen and oxygen atoms in total. The molecule has 3 aromatic rings. The molecule has 0 saturated heterocycles. The van der Waals surface area contributed by atoms with Crippen LogP contribution in [0, 0.1) is 5.92 Å². The average Bonchev–Trinajstić information content (AvgIpc) is 3.53. The van der Waals surface area contributed by atoms with E-state index in [9.17, 15) is 14.7 Å². The predicted octanol–water partition coefficient (Wildman–Crippen LogP) is 4.11. The van der Waals surface area contributed by atoms with Crippen molar-refractivity contribution in [1.29, 1.82) is 0 Å². The van der Waals surface area contributed by atoms with E-state index >= 15 is 0 Å². The van der Waals surface area contributed by atoms with Crippen molar-refractivity contribution in [3.8, 4) is 28.1 Å². The summed E-state index contributed by atoms with van der Waals surface area (Å²) in [6.45, 7) is 10.2. The van der Waals surface area contributed by atoms with Crippen LogP contribution < -0.4 is 15.2 Å². The lowest BCUT2D eigenvalue weighted by molar-refractivity contribution is 0.0550. The Hall–Kier alpha value is -3.59. The van der Waals surface area contributed by atoms with Crippen LogP contribution in [-0.4, -0.2) is 51.9 Å². The van der Waals surface area contributed by atoms with Gasteiger partial charge in [-0.2, -0.15) is 5.10 Å². The molecule has 196 valence electrons. The summed E-state index contributed by atoms with van der Waals surface area (Å²) in [5, 5.41) is 16.2. The van der Waals surface area contributed by atoms with E-state index < -0.39 is 11.4 Å². The van der Waals surface area contributed by atoms with Crippen LogP contribution in [0.5, 0.6) is 5.75 Å². The lowest BCUT2D eigenvalue weighted by atomic mass is 9.95. The van der Waals surface area contributed by atoms with E-state index in [1.165, 1.54) is 25.1 Å². The first-order valence-electron chi connectivity index (χ1n) is 12.7. The van der Waals surface area contributed by atoms with Crippen molar-refractivity contribution >= 4 is 5.97 Å². The van der Waals surface area contributed by atoms with Crippen LogP contribution in [0.25, 0.3) is 22.4 Å². The van der Waals surface area contributed by atoms with Crippen molar-refractivity contribution in [2.45, 2.75) is 58.7 Å². The largest absolute Gasteiger partial charge is 0.496 e. The zero-order valence-corrected chi connectivity index (χ0v) is 22.0. The van der Waals surface area contributed by atoms with E-state index in [0.717, 1.165) is 28.9 Å². The van der Waals surface area contributed by atoms with E-state index in [1.54, 1.807) is 11.8 Å². The highest BCUT2D eigenvalue weighted by molar-refractivity contribution is 5.88. The van der Waals surface area contributed by atoms with Gasteiger partial charge in [-0.05, 0) is 64.2 Å². The Bertz CT molecular complexity index is 1400. The molecule has 1 saturated carbocycles. The molecular formula is C28H34N4O5. The number of aromatic nitrogens is 3. The maximum atomic E-state index is 12.6. The van der Waals surface area contributed by atoms with Crippen molar-refractivity contribution < 1.29 is 19.4 Å². The number of fused-ring (bicyclic) bond motifs is 3. The van der Waals surface area contributed by atoms with Gasteiger partial charge in [-0.15, -0.1) is 0 Å². The molecule has 2 aliphatic rings. The molecular weight excluding hydrogens is 472 g/mol. The molecule has 0 amide bonds. The van der Waals surface area contributed by atoms with Gasteiger partial charge >= 0.3 is 5.97 Å². The van der Waals surface area contributed by atoms with Gasteiger partial charge < -0.3 is 19.6 Å². The molecule has 1 aliphatic carbocycles. The van der Waals surface area contributed by atoms with Gasteiger partial charge in [-0.25, -0.2) is 4.79 Å². The van der Waals surface area contributed by atoms with Crippen molar-refractivity contribution in [2.24, 2.45) is 5.92 Å². The first-order valence-corrected chi connectivity index (χ1v) is 12.7. The second-order valence-electron chi connectivity index (χ2n) is 10.9. The van der Waals surface area contributed by atoms with Crippen molar-refractivity contribution in [3.05, 3.63) is 58.1 Å². The first kappa shape index (κ1) is 25.1. The summed E-state index contributed by atoms with van der Waals surface area (Å²) < 4.78 is 15.5. The van der Waals surface area contributed by atoms with E-state index in [1.807, 2.05) is 42.0 Å². The minimum atomic E-state index is -1.24. The smallest absolute Gasteiger partial charge is 0.341 e. The van der Waals surface area contributed by atoms with Gasteiger partial charge in [0.05, 0.1) is 37.7 Å². The number of carbonyl (C=O) groups is 1. The van der Waals surface area contributed by atoms with Crippen molar-refractivity contribution in [1.82, 2.24) is 14.5 Å². The number of nitrogens with zero attached hydrogens (tertiary/aromatic N) is 4. The molecule has 0 unspecified atom stereocenters. The highest BCUT2D eigenvalue weighted by Crippen LogP contribution is 2.40. The third kappa shape index (κ3) is 4.75. The average molecular weight is 507 g/mol. The van der Waals surface area contributed by atoms with Crippen LogP contribution >= 0.6 is 0 Å². The van der Waals surface area contributed by atoms with Gasteiger partial charge in [0.1, 0.15) is 11.3 Å². The number of rotatable bonds is 9. The van der Waals surface area contributed by atoms with E-state index in [4.69, 9.17) is 9.47 Å². The molecule has 2 aromatic heterocycles. The van der Waals surface area contributed by atoms with E-state index in [2.05, 4.69) is 25.0 Å². The van der Waals surface area contributed by atoms with Crippen molar-refractivity contribution in [3.63, 3.8) is 0 Å². The normalized spacial score (nSPS) is 15.0. The summed E-state index contributed by atoms with van der Waals surface area (Å²) in [6, 6.07) is 5.48. The number of carboxylic acids is 1. The van der Waals surface area contributed by atoms with Crippen LogP contribution in [0.2, 0.25) is 0 Å². The standard InChI is InChI=1S/C28H34N4O5/c1-17(2)30-12-19-8-22(20-11-29-32(13-20)28(3,4)16-37-15-18-6-7-18)26(36-5)9-21(19)24-10-25(33)23(27(34)35)14-31(24)30/h8-11,13-14,17-18H,6-7,12,15-16H2,1-5H3,(H,34,35). The fourth-order valence-electron chi connectivity index (χ4n) is 4.79. The summed E-state index contributed by atoms with van der Waals surface area (Å²) in [6.07, 6.45) is 7.80. The Labute approximate surface area is 216 Å². The summed E-state index contributed by atoms with van der Waals surface area (Å²) >= 11 is 0. The Balaban J connectivity index is 1.54. The van der Waals surface area contributed by atoms with E-state index in [0.29, 0.717) is 30.5 Å². The molecule has 0 spiro atoms. The number of hydrogen-bond donors (Lipinski definition) is 1. The fourth-order valence-corrected chi connectivity index (χ4v) is 4.79. The minimum absolute atomic E-state index is 0.0702. The zero-order valence-electron chi connectivity index (χ0n) is 22.0. The highest BCUT2D eigenvalue weighted by Gasteiger charge is 2.29. The SMILES string of the molecule is COc1cc2c(cc1-c1cnn(C(C)(C)COCC3CC3)c1)CN(C(C)C)n1cc(C(=O)O)c(=O)cc1-2. The molecule has 37 heavy (non-hydrogen) atoms. The third-order valence-corrected chi connectivity index (χ3v) is 7.19. The number of ether oxygens (including phenoxy) is 2. The van der Waals surface area contributed by atoms with Crippen LogP contribution in [0.3, 0.4) is 0 Å². The maximum Gasteiger partial charge on any atom is 0.341 e. The Kier molecular flexibility index (Phi) is 6.35. The Morgan fingerprint density at radius 2 is 1.95 bits per heavy atom. The monoisotopic (exact) mass is 506 g/mol. The second kappa shape index (κ2) is 9.37. The topological polar surface area (TPSA) is 98.8 Å². The summed E-state index contributed by atoms with van der Waals surface area (Å²) in [7, 11) is 1.62. The van der Waals surface area contributed by atoms with Crippen LogP contribution in [-0.2, 0) is 16.8 Å². The fraction of sp³-hybridized carbons (Fsp3) is 0.464. The second-order valence-corrected chi connectivity index (χ2v) is 10.9. The number of carboxylic acid groups (broad SMARTS) is 1. The molecule has 1 aromatic carbocycles. The molecule has 1 aliphatic heterocycles. The van der Waals surface area contributed by atoms with Gasteiger partial charge in [0.2, 0.25) is 0 Å². The van der Waals surface area contributed by atoms with Crippen molar-refractivity contribution in [2.75, 3.05) is 25.3 Å². The van der Waals surface area contributed by atoms with Gasteiger partial charge in [-0.1, -0.05) is 0 Å². The zero-order chi connectivity index (χ0) is 26.5. The number of pyridine rings is 1. The Morgan fingerprint density at radius 1 is 1.19 bits per heavy atom. The molecule has 9 heteroatoms. The summed E-state index contributed by atoms with van der Waals surface area (Å²) in [5.41, 5.74) is 3.26. The van der Waals surface area contributed by atoms with E-state index in [-0.39, 0.29) is 17.1 Å². The van der Waals surface area contributed by atoms with Crippen LogP contribution in [0.15, 0.2) is 41.6 Å². The molecule has 3 heterocycles. The lowest BCUT2D eigenvalue weighted by Gasteiger charge is -2.38. The van der Waals surface area contributed by atoms with Gasteiger partial charge in [0, 0.05) is 47.8 Å². The predicted molar refractivity (Wildman–Crippen MR) is 141 cm³/mol. The quantitative estimate of drug-likeness (QED) is 0.466. The molecule has 0 radical (unpaired) electrons. The first-order chi connectivity index (χ1) is 17.6. The Morgan fingerprint density at radius 3 is 2.59 bits per heavy atom. The molecule has 0 bridgehead atoms. The number of aromatic carboxylic acids is 1. The minimum Gasteiger partial charge on any atom is -0.496 e.